The minimum atomic E-state index is 0.309. The number of benzene rings is 1. The molecule has 0 aliphatic carbocycles. The van der Waals surface area contributed by atoms with Crippen LogP contribution in [0.15, 0.2) is 18.2 Å². The topological polar surface area (TPSA) is 23.5 Å². The standard InChI is InChI=1S/C15H22ClNO/c1-12-4-5-14(15(16)9-12)11-17-7-2-3-13(10-17)6-8-18/h4-5,9,13,18H,2-3,6-8,10-11H2,1H3. The van der Waals surface area contributed by atoms with Crippen LogP contribution in [-0.2, 0) is 6.54 Å². The number of hydrogen-bond donors (Lipinski definition) is 1. The van der Waals surface area contributed by atoms with Crippen LogP contribution in [0.3, 0.4) is 0 Å². The molecule has 3 heteroatoms. The Kier molecular flexibility index (Phi) is 5.04. The Morgan fingerprint density at radius 3 is 3.00 bits per heavy atom. The average molecular weight is 268 g/mol. The van der Waals surface area contributed by atoms with Gasteiger partial charge in [0.15, 0.2) is 0 Å². The summed E-state index contributed by atoms with van der Waals surface area (Å²) < 4.78 is 0. The summed E-state index contributed by atoms with van der Waals surface area (Å²) >= 11 is 6.28. The minimum Gasteiger partial charge on any atom is -0.396 e. The van der Waals surface area contributed by atoms with E-state index in [1.165, 1.54) is 24.0 Å². The van der Waals surface area contributed by atoms with Gasteiger partial charge < -0.3 is 5.11 Å². The lowest BCUT2D eigenvalue weighted by molar-refractivity contribution is 0.142. The van der Waals surface area contributed by atoms with Gasteiger partial charge in [-0.25, -0.2) is 0 Å². The molecule has 1 aromatic carbocycles. The SMILES string of the molecule is Cc1ccc(CN2CCCC(CCO)C2)c(Cl)c1. The number of halogens is 1. The van der Waals surface area contributed by atoms with E-state index in [4.69, 9.17) is 16.7 Å². The lowest BCUT2D eigenvalue weighted by Gasteiger charge is -2.32. The summed E-state index contributed by atoms with van der Waals surface area (Å²) in [4.78, 5) is 2.46. The van der Waals surface area contributed by atoms with Crippen LogP contribution in [0.25, 0.3) is 0 Å². The minimum absolute atomic E-state index is 0.309. The van der Waals surface area contributed by atoms with Crippen LogP contribution in [-0.4, -0.2) is 29.7 Å². The zero-order valence-electron chi connectivity index (χ0n) is 11.0. The van der Waals surface area contributed by atoms with Crippen LogP contribution < -0.4 is 0 Å². The van der Waals surface area contributed by atoms with E-state index in [1.54, 1.807) is 0 Å². The number of nitrogens with zero attached hydrogens (tertiary/aromatic N) is 1. The number of hydrogen-bond acceptors (Lipinski definition) is 2. The molecule has 2 rings (SSSR count). The molecule has 1 N–H and O–H groups in total. The molecule has 100 valence electrons. The second-order valence-electron chi connectivity index (χ2n) is 5.35. The Hall–Kier alpha value is -0.570. The van der Waals surface area contributed by atoms with Crippen molar-refractivity contribution in [2.45, 2.75) is 32.7 Å². The van der Waals surface area contributed by atoms with Gasteiger partial charge in [-0.05, 0) is 55.8 Å². The predicted octanol–water partition coefficient (Wildman–Crippen LogP) is 3.24. The molecule has 1 heterocycles. The van der Waals surface area contributed by atoms with Gasteiger partial charge in [0.2, 0.25) is 0 Å². The summed E-state index contributed by atoms with van der Waals surface area (Å²) in [5, 5.41) is 9.90. The fourth-order valence-corrected chi connectivity index (χ4v) is 3.03. The van der Waals surface area contributed by atoms with Crippen molar-refractivity contribution in [1.82, 2.24) is 4.90 Å². The van der Waals surface area contributed by atoms with E-state index in [9.17, 15) is 0 Å². The third-order valence-electron chi connectivity index (χ3n) is 3.74. The number of aliphatic hydroxyl groups excluding tert-OH is 1. The van der Waals surface area contributed by atoms with Gasteiger partial charge in [0, 0.05) is 24.7 Å². The maximum Gasteiger partial charge on any atom is 0.0453 e. The quantitative estimate of drug-likeness (QED) is 0.905. The van der Waals surface area contributed by atoms with Gasteiger partial charge in [0.1, 0.15) is 0 Å². The Morgan fingerprint density at radius 2 is 2.28 bits per heavy atom. The van der Waals surface area contributed by atoms with Gasteiger partial charge in [-0.3, -0.25) is 4.90 Å². The van der Waals surface area contributed by atoms with Crippen molar-refractivity contribution >= 4 is 11.6 Å². The number of aryl methyl sites for hydroxylation is 1. The zero-order valence-corrected chi connectivity index (χ0v) is 11.8. The molecule has 0 aromatic heterocycles. The molecule has 1 aromatic rings. The Bertz CT molecular complexity index is 392. The Morgan fingerprint density at radius 1 is 1.44 bits per heavy atom. The molecule has 1 aliphatic rings. The number of likely N-dealkylation sites (tertiary alicyclic amines) is 1. The Balaban J connectivity index is 1.96. The van der Waals surface area contributed by atoms with E-state index in [-0.39, 0.29) is 0 Å². The third kappa shape index (κ3) is 3.71. The van der Waals surface area contributed by atoms with E-state index < -0.39 is 0 Å². The van der Waals surface area contributed by atoms with Crippen LogP contribution in [0.5, 0.6) is 0 Å². The molecule has 1 atom stereocenters. The highest BCUT2D eigenvalue weighted by molar-refractivity contribution is 6.31. The van der Waals surface area contributed by atoms with Gasteiger partial charge in [-0.15, -0.1) is 0 Å². The Labute approximate surface area is 115 Å². The van der Waals surface area contributed by atoms with Gasteiger partial charge in [0.25, 0.3) is 0 Å². The van der Waals surface area contributed by atoms with Crippen LogP contribution in [0.1, 0.15) is 30.4 Å². The number of piperidine rings is 1. The molecule has 1 fully saturated rings. The first-order valence-corrected chi connectivity index (χ1v) is 7.15. The highest BCUT2D eigenvalue weighted by atomic mass is 35.5. The first-order chi connectivity index (χ1) is 8.69. The molecule has 2 nitrogen and oxygen atoms in total. The van der Waals surface area contributed by atoms with Crippen molar-refractivity contribution in [1.29, 1.82) is 0 Å². The summed E-state index contributed by atoms with van der Waals surface area (Å²) in [6.07, 6.45) is 3.41. The van der Waals surface area contributed by atoms with E-state index in [2.05, 4.69) is 24.0 Å². The average Bonchev–Trinajstić information content (AvgIpc) is 2.34. The highest BCUT2D eigenvalue weighted by Crippen LogP contribution is 2.24. The molecular weight excluding hydrogens is 246 g/mol. The van der Waals surface area contributed by atoms with E-state index in [1.807, 2.05) is 6.07 Å². The molecule has 18 heavy (non-hydrogen) atoms. The lowest BCUT2D eigenvalue weighted by Crippen LogP contribution is -2.35. The fourth-order valence-electron chi connectivity index (χ4n) is 2.73. The smallest absolute Gasteiger partial charge is 0.0453 e. The fraction of sp³-hybridized carbons (Fsp3) is 0.600. The molecule has 0 spiro atoms. The summed E-state index contributed by atoms with van der Waals surface area (Å²) in [5.41, 5.74) is 2.42. The summed E-state index contributed by atoms with van der Waals surface area (Å²) in [5.74, 6) is 0.646. The van der Waals surface area contributed by atoms with Crippen molar-refractivity contribution in [2.24, 2.45) is 5.92 Å². The van der Waals surface area contributed by atoms with Crippen LogP contribution in [0, 0.1) is 12.8 Å². The highest BCUT2D eigenvalue weighted by Gasteiger charge is 2.19. The van der Waals surface area contributed by atoms with E-state index in [0.717, 1.165) is 31.1 Å². The first-order valence-electron chi connectivity index (χ1n) is 6.77. The van der Waals surface area contributed by atoms with Crippen molar-refractivity contribution in [3.05, 3.63) is 34.3 Å². The van der Waals surface area contributed by atoms with Gasteiger partial charge in [-0.2, -0.15) is 0 Å². The maximum atomic E-state index is 9.03. The molecule has 0 amide bonds. The molecule has 0 saturated carbocycles. The maximum absolute atomic E-state index is 9.03. The van der Waals surface area contributed by atoms with E-state index >= 15 is 0 Å². The van der Waals surface area contributed by atoms with Crippen LogP contribution >= 0.6 is 11.6 Å². The summed E-state index contributed by atoms with van der Waals surface area (Å²) in [6.45, 7) is 5.54. The normalized spacial score (nSPS) is 21.2. The van der Waals surface area contributed by atoms with Gasteiger partial charge in [0.05, 0.1) is 0 Å². The number of aliphatic hydroxyl groups is 1. The van der Waals surface area contributed by atoms with Crippen molar-refractivity contribution in [3.8, 4) is 0 Å². The van der Waals surface area contributed by atoms with Crippen molar-refractivity contribution in [2.75, 3.05) is 19.7 Å². The molecule has 0 bridgehead atoms. The van der Waals surface area contributed by atoms with Gasteiger partial charge in [-0.1, -0.05) is 23.7 Å². The summed E-state index contributed by atoms with van der Waals surface area (Å²) in [7, 11) is 0. The summed E-state index contributed by atoms with van der Waals surface area (Å²) in [6, 6.07) is 6.29. The van der Waals surface area contributed by atoms with E-state index in [0.29, 0.717) is 12.5 Å². The second-order valence-corrected chi connectivity index (χ2v) is 5.76. The largest absolute Gasteiger partial charge is 0.396 e. The van der Waals surface area contributed by atoms with Crippen molar-refractivity contribution in [3.63, 3.8) is 0 Å². The molecule has 1 saturated heterocycles. The molecule has 1 aliphatic heterocycles. The second kappa shape index (κ2) is 6.55. The third-order valence-corrected chi connectivity index (χ3v) is 4.09. The first kappa shape index (κ1) is 13.9. The molecule has 1 unspecified atom stereocenters. The van der Waals surface area contributed by atoms with Crippen molar-refractivity contribution < 1.29 is 5.11 Å². The molecular formula is C15H22ClNO. The monoisotopic (exact) mass is 267 g/mol. The van der Waals surface area contributed by atoms with Gasteiger partial charge >= 0.3 is 0 Å². The molecule has 0 radical (unpaired) electrons. The predicted molar refractivity (Wildman–Crippen MR) is 75.9 cm³/mol. The lowest BCUT2D eigenvalue weighted by atomic mass is 9.95. The van der Waals surface area contributed by atoms with Crippen LogP contribution in [0.4, 0.5) is 0 Å². The zero-order chi connectivity index (χ0) is 13.0. The van der Waals surface area contributed by atoms with Crippen LogP contribution in [0.2, 0.25) is 5.02 Å². The number of rotatable bonds is 4.